The summed E-state index contributed by atoms with van der Waals surface area (Å²) in [5, 5.41) is 2.87. The van der Waals surface area contributed by atoms with Gasteiger partial charge in [0.15, 0.2) is 0 Å². The third kappa shape index (κ3) is 4.62. The number of rotatable bonds is 6. The Morgan fingerprint density at radius 1 is 0.794 bits per heavy atom. The molecule has 0 spiro atoms. The van der Waals surface area contributed by atoms with Gasteiger partial charge < -0.3 is 10.1 Å². The van der Waals surface area contributed by atoms with Gasteiger partial charge in [-0.25, -0.2) is 0 Å². The Bertz CT molecular complexity index is 1220. The first-order valence-electron chi connectivity index (χ1n) is 11.3. The first-order valence-corrected chi connectivity index (χ1v) is 11.3. The van der Waals surface area contributed by atoms with Gasteiger partial charge in [-0.1, -0.05) is 42.5 Å². The summed E-state index contributed by atoms with van der Waals surface area (Å²) in [6, 6.07) is 21.7. The molecular weight excluding hydrogens is 430 g/mol. The second-order valence-electron chi connectivity index (χ2n) is 8.48. The van der Waals surface area contributed by atoms with Crippen LogP contribution in [0.3, 0.4) is 0 Å². The molecule has 1 fully saturated rings. The number of carbonyl (C=O) groups is 3. The van der Waals surface area contributed by atoms with Crippen LogP contribution in [0, 0.1) is 0 Å². The fraction of sp³-hybridized carbons (Fsp3) is 0.222. The molecule has 0 radical (unpaired) electrons. The quantitative estimate of drug-likeness (QED) is 0.575. The Hall–Kier alpha value is -3.81. The molecule has 0 bridgehead atoms. The molecule has 1 N–H and O–H groups in total. The first-order chi connectivity index (χ1) is 16.6. The molecule has 34 heavy (non-hydrogen) atoms. The van der Waals surface area contributed by atoms with Crippen molar-refractivity contribution in [2.24, 2.45) is 0 Å². The van der Waals surface area contributed by atoms with Crippen molar-refractivity contribution in [2.45, 2.75) is 13.1 Å². The summed E-state index contributed by atoms with van der Waals surface area (Å²) < 4.78 is 5.38. The van der Waals surface area contributed by atoms with E-state index in [-0.39, 0.29) is 29.8 Å². The largest absolute Gasteiger partial charge is 0.379 e. The average Bonchev–Trinajstić information content (AvgIpc) is 3.11. The van der Waals surface area contributed by atoms with Crippen LogP contribution in [0.25, 0.3) is 0 Å². The van der Waals surface area contributed by atoms with E-state index in [1.165, 1.54) is 16.5 Å². The molecule has 172 valence electrons. The third-order valence-corrected chi connectivity index (χ3v) is 6.14. The molecule has 0 unspecified atom stereocenters. The molecule has 5 rings (SSSR count). The Labute approximate surface area is 197 Å². The maximum atomic E-state index is 12.9. The van der Waals surface area contributed by atoms with Gasteiger partial charge in [0.25, 0.3) is 17.7 Å². The highest BCUT2D eigenvalue weighted by Gasteiger charge is 2.36. The third-order valence-electron chi connectivity index (χ3n) is 6.14. The van der Waals surface area contributed by atoms with Crippen molar-refractivity contribution in [3.63, 3.8) is 0 Å². The minimum Gasteiger partial charge on any atom is -0.379 e. The lowest BCUT2D eigenvalue weighted by Gasteiger charge is -2.26. The van der Waals surface area contributed by atoms with Gasteiger partial charge in [-0.15, -0.1) is 0 Å². The molecule has 1 saturated heterocycles. The number of anilines is 1. The highest BCUT2D eigenvalue weighted by Crippen LogP contribution is 2.26. The first kappa shape index (κ1) is 22.0. The number of nitrogens with zero attached hydrogens (tertiary/aromatic N) is 2. The van der Waals surface area contributed by atoms with Crippen LogP contribution in [-0.2, 0) is 17.8 Å². The summed E-state index contributed by atoms with van der Waals surface area (Å²) in [7, 11) is 0. The number of hydrogen-bond acceptors (Lipinski definition) is 5. The highest BCUT2D eigenvalue weighted by molar-refractivity contribution is 6.22. The summed E-state index contributed by atoms with van der Waals surface area (Å²) in [5.74, 6) is -1.05. The molecule has 0 aromatic heterocycles. The number of morpholine rings is 1. The molecule has 2 heterocycles. The summed E-state index contributed by atoms with van der Waals surface area (Å²) in [6.45, 7) is 4.39. The van der Waals surface area contributed by atoms with Crippen molar-refractivity contribution in [1.82, 2.24) is 9.80 Å². The maximum absolute atomic E-state index is 12.9. The molecular formula is C27H25N3O4. The fourth-order valence-electron chi connectivity index (χ4n) is 4.26. The van der Waals surface area contributed by atoms with Gasteiger partial charge in [0.1, 0.15) is 0 Å². The Balaban J connectivity index is 1.25. The van der Waals surface area contributed by atoms with E-state index in [1.54, 1.807) is 12.1 Å². The Morgan fingerprint density at radius 2 is 1.47 bits per heavy atom. The molecule has 2 aliphatic rings. The number of amides is 3. The number of imide groups is 1. The minimum absolute atomic E-state index is 0.200. The molecule has 3 aromatic carbocycles. The van der Waals surface area contributed by atoms with E-state index in [1.807, 2.05) is 54.6 Å². The molecule has 0 atom stereocenters. The van der Waals surface area contributed by atoms with Gasteiger partial charge in [0.05, 0.1) is 30.9 Å². The van der Waals surface area contributed by atoms with Crippen LogP contribution in [0.1, 0.15) is 42.2 Å². The van der Waals surface area contributed by atoms with Crippen LogP contribution in [0.4, 0.5) is 5.69 Å². The van der Waals surface area contributed by atoms with Crippen LogP contribution in [0.15, 0.2) is 72.8 Å². The van der Waals surface area contributed by atoms with Gasteiger partial charge in [-0.2, -0.15) is 0 Å². The Kier molecular flexibility index (Phi) is 6.20. The van der Waals surface area contributed by atoms with Crippen LogP contribution >= 0.6 is 0 Å². The zero-order valence-corrected chi connectivity index (χ0v) is 18.7. The van der Waals surface area contributed by atoms with Crippen LogP contribution in [-0.4, -0.2) is 53.8 Å². The number of nitrogens with one attached hydrogen (secondary N) is 1. The molecule has 0 aliphatic carbocycles. The normalized spacial score (nSPS) is 15.9. The van der Waals surface area contributed by atoms with E-state index >= 15 is 0 Å². The van der Waals surface area contributed by atoms with Gasteiger partial charge >= 0.3 is 0 Å². The predicted octanol–water partition coefficient (Wildman–Crippen LogP) is 3.57. The molecule has 7 nitrogen and oxygen atoms in total. The van der Waals surface area contributed by atoms with Crippen molar-refractivity contribution in [2.75, 3.05) is 31.6 Å². The zero-order chi connectivity index (χ0) is 23.5. The second kappa shape index (κ2) is 9.59. The van der Waals surface area contributed by atoms with Gasteiger partial charge in [0, 0.05) is 30.9 Å². The lowest BCUT2D eigenvalue weighted by atomic mass is 10.1. The van der Waals surface area contributed by atoms with E-state index in [9.17, 15) is 14.4 Å². The number of ether oxygens (including phenoxy) is 1. The summed E-state index contributed by atoms with van der Waals surface area (Å²) in [4.78, 5) is 42.0. The lowest BCUT2D eigenvalue weighted by molar-refractivity contribution is 0.0342. The average molecular weight is 456 g/mol. The molecule has 2 aliphatic heterocycles. The highest BCUT2D eigenvalue weighted by atomic mass is 16.5. The monoisotopic (exact) mass is 455 g/mol. The van der Waals surface area contributed by atoms with Crippen LogP contribution < -0.4 is 5.32 Å². The van der Waals surface area contributed by atoms with Crippen LogP contribution in [0.5, 0.6) is 0 Å². The fourth-order valence-corrected chi connectivity index (χ4v) is 4.26. The van der Waals surface area contributed by atoms with Crippen molar-refractivity contribution in [3.05, 3.63) is 101 Å². The molecule has 3 aromatic rings. The topological polar surface area (TPSA) is 79.0 Å². The van der Waals surface area contributed by atoms with E-state index < -0.39 is 0 Å². The van der Waals surface area contributed by atoms with Crippen molar-refractivity contribution in [3.8, 4) is 0 Å². The van der Waals surface area contributed by atoms with Crippen molar-refractivity contribution >= 4 is 23.4 Å². The van der Waals surface area contributed by atoms with E-state index in [0.717, 1.165) is 38.4 Å². The number of benzene rings is 3. The summed E-state index contributed by atoms with van der Waals surface area (Å²) >= 11 is 0. The summed E-state index contributed by atoms with van der Waals surface area (Å²) in [6.07, 6.45) is 0. The SMILES string of the molecule is O=C(Nc1ccc(CN2CCOCC2)cc1)c1ccc2c(c1)C(=O)N(Cc1ccccc1)C2=O. The van der Waals surface area contributed by atoms with Gasteiger partial charge in [0.2, 0.25) is 0 Å². The second-order valence-corrected chi connectivity index (χ2v) is 8.48. The van der Waals surface area contributed by atoms with Crippen molar-refractivity contribution < 1.29 is 19.1 Å². The van der Waals surface area contributed by atoms with E-state index in [2.05, 4.69) is 10.2 Å². The molecule has 3 amide bonds. The number of hydrogen-bond donors (Lipinski definition) is 1. The van der Waals surface area contributed by atoms with E-state index in [0.29, 0.717) is 16.8 Å². The summed E-state index contributed by atoms with van der Waals surface area (Å²) in [5.41, 5.74) is 3.62. The van der Waals surface area contributed by atoms with Gasteiger partial charge in [-0.3, -0.25) is 24.2 Å². The number of fused-ring (bicyclic) bond motifs is 1. The van der Waals surface area contributed by atoms with E-state index in [4.69, 9.17) is 4.74 Å². The lowest BCUT2D eigenvalue weighted by Crippen LogP contribution is -2.35. The Morgan fingerprint density at radius 3 is 2.21 bits per heavy atom. The predicted molar refractivity (Wildman–Crippen MR) is 128 cm³/mol. The number of carbonyl (C=O) groups excluding carboxylic acids is 3. The van der Waals surface area contributed by atoms with Crippen molar-refractivity contribution in [1.29, 1.82) is 0 Å². The minimum atomic E-state index is -0.383. The molecule has 7 heteroatoms. The van der Waals surface area contributed by atoms with Gasteiger partial charge in [-0.05, 0) is 41.5 Å². The smallest absolute Gasteiger partial charge is 0.261 e. The standard InChI is InChI=1S/C27H25N3O4/c31-25(28-22-9-6-20(7-10-22)17-29-12-14-34-15-13-29)21-8-11-23-24(16-21)27(33)30(26(23)32)18-19-4-2-1-3-5-19/h1-11,16H,12-15,17-18H2,(H,28,31). The van der Waals surface area contributed by atoms with Crippen LogP contribution in [0.2, 0.25) is 0 Å². The zero-order valence-electron chi connectivity index (χ0n) is 18.7. The maximum Gasteiger partial charge on any atom is 0.261 e. The molecule has 0 saturated carbocycles.